The summed E-state index contributed by atoms with van der Waals surface area (Å²) in [6.07, 6.45) is 1.47. The number of ether oxygens (including phenoxy) is 2. The first kappa shape index (κ1) is 16.4. The van der Waals surface area contributed by atoms with Crippen molar-refractivity contribution in [1.29, 1.82) is 0 Å². The van der Waals surface area contributed by atoms with E-state index in [1.54, 1.807) is 0 Å². The second-order valence-corrected chi connectivity index (χ2v) is 5.09. The first-order valence-corrected chi connectivity index (χ1v) is 7.02. The summed E-state index contributed by atoms with van der Waals surface area (Å²) in [7, 11) is 0. The molecule has 0 heterocycles. The molecule has 4 nitrogen and oxygen atoms in total. The Bertz CT molecular complexity index is 506. The Morgan fingerprint density at radius 3 is 2.30 bits per heavy atom. The number of hydrogen-bond donors (Lipinski definition) is 0. The molecule has 0 fully saturated rings. The second-order valence-electron chi connectivity index (χ2n) is 4.18. The molecule has 0 aliphatic carbocycles. The van der Waals surface area contributed by atoms with Crippen LogP contribution in [0.5, 0.6) is 0 Å². The van der Waals surface area contributed by atoms with Gasteiger partial charge < -0.3 is 9.47 Å². The van der Waals surface area contributed by atoms with Crippen molar-refractivity contribution in [3.8, 4) is 0 Å². The SMILES string of the molecule is CCC(=Cc1cccc(Br)c1)C(OC(C)=O)OC(C)=O. The third kappa shape index (κ3) is 5.57. The summed E-state index contributed by atoms with van der Waals surface area (Å²) >= 11 is 3.39. The van der Waals surface area contributed by atoms with E-state index in [0.717, 1.165) is 10.0 Å². The topological polar surface area (TPSA) is 52.6 Å². The Morgan fingerprint density at radius 2 is 1.85 bits per heavy atom. The first-order chi connectivity index (χ1) is 9.42. The molecule has 0 spiro atoms. The number of halogens is 1. The van der Waals surface area contributed by atoms with E-state index < -0.39 is 18.2 Å². The lowest BCUT2D eigenvalue weighted by Crippen LogP contribution is -2.24. The van der Waals surface area contributed by atoms with Gasteiger partial charge in [-0.15, -0.1) is 0 Å². The van der Waals surface area contributed by atoms with E-state index in [-0.39, 0.29) is 0 Å². The summed E-state index contributed by atoms with van der Waals surface area (Å²) in [6.45, 7) is 4.47. The number of esters is 2. The van der Waals surface area contributed by atoms with Gasteiger partial charge in [0.15, 0.2) is 0 Å². The van der Waals surface area contributed by atoms with E-state index in [1.165, 1.54) is 13.8 Å². The highest BCUT2D eigenvalue weighted by molar-refractivity contribution is 9.10. The third-order valence-corrected chi connectivity index (χ3v) is 2.95. The average Bonchev–Trinajstić information content (AvgIpc) is 2.34. The molecule has 0 amide bonds. The van der Waals surface area contributed by atoms with Gasteiger partial charge in [-0.25, -0.2) is 0 Å². The molecule has 0 saturated carbocycles. The molecule has 1 aromatic carbocycles. The number of carbonyl (C=O) groups excluding carboxylic acids is 2. The van der Waals surface area contributed by atoms with Crippen molar-refractivity contribution in [2.24, 2.45) is 0 Å². The molecule has 0 saturated heterocycles. The Balaban J connectivity index is 3.04. The molecule has 20 heavy (non-hydrogen) atoms. The fraction of sp³-hybridized carbons (Fsp3) is 0.333. The van der Waals surface area contributed by atoms with Crippen LogP contribution in [0, 0.1) is 0 Å². The van der Waals surface area contributed by atoms with Gasteiger partial charge in [0.25, 0.3) is 6.29 Å². The maximum absolute atomic E-state index is 11.1. The molecule has 5 heteroatoms. The molecule has 108 valence electrons. The van der Waals surface area contributed by atoms with Crippen LogP contribution in [0.25, 0.3) is 6.08 Å². The van der Waals surface area contributed by atoms with Crippen LogP contribution in [0.15, 0.2) is 34.3 Å². The van der Waals surface area contributed by atoms with Crippen molar-refractivity contribution in [3.05, 3.63) is 39.9 Å². The highest BCUT2D eigenvalue weighted by atomic mass is 79.9. The van der Waals surface area contributed by atoms with Crippen molar-refractivity contribution < 1.29 is 19.1 Å². The molecule has 0 radical (unpaired) electrons. The number of hydrogen-bond acceptors (Lipinski definition) is 4. The van der Waals surface area contributed by atoms with E-state index in [4.69, 9.17) is 9.47 Å². The number of carbonyl (C=O) groups is 2. The summed E-state index contributed by atoms with van der Waals surface area (Å²) in [5.41, 5.74) is 1.65. The smallest absolute Gasteiger partial charge is 0.305 e. The Morgan fingerprint density at radius 1 is 1.25 bits per heavy atom. The lowest BCUT2D eigenvalue weighted by Gasteiger charge is -2.19. The highest BCUT2D eigenvalue weighted by Crippen LogP contribution is 2.20. The second kappa shape index (κ2) is 7.85. The zero-order valence-electron chi connectivity index (χ0n) is 11.7. The molecule has 0 unspecified atom stereocenters. The van der Waals surface area contributed by atoms with Gasteiger partial charge >= 0.3 is 11.9 Å². The maximum atomic E-state index is 11.1. The molecule has 1 aromatic rings. The van der Waals surface area contributed by atoms with E-state index in [1.807, 2.05) is 37.3 Å². The molecule has 0 atom stereocenters. The standard InChI is InChI=1S/C15H17BrO4/c1-4-13(8-12-6-5-7-14(16)9-12)15(19-10(2)17)20-11(3)18/h5-9,15H,4H2,1-3H3. The molecule has 0 aromatic heterocycles. The number of benzene rings is 1. The molecule has 0 N–H and O–H groups in total. The molecule has 0 aliphatic rings. The lowest BCUT2D eigenvalue weighted by molar-refractivity contribution is -0.178. The van der Waals surface area contributed by atoms with E-state index in [2.05, 4.69) is 15.9 Å². The summed E-state index contributed by atoms with van der Waals surface area (Å²) in [4.78, 5) is 22.2. The summed E-state index contributed by atoms with van der Waals surface area (Å²) < 4.78 is 11.1. The Labute approximate surface area is 126 Å². The van der Waals surface area contributed by atoms with Crippen LogP contribution < -0.4 is 0 Å². The largest absolute Gasteiger partial charge is 0.421 e. The van der Waals surface area contributed by atoms with Crippen LogP contribution in [0.1, 0.15) is 32.8 Å². The van der Waals surface area contributed by atoms with Crippen LogP contribution in [0.3, 0.4) is 0 Å². The first-order valence-electron chi connectivity index (χ1n) is 6.22. The zero-order chi connectivity index (χ0) is 15.1. The zero-order valence-corrected chi connectivity index (χ0v) is 13.3. The number of rotatable bonds is 5. The van der Waals surface area contributed by atoms with Gasteiger partial charge in [-0.3, -0.25) is 9.59 Å². The van der Waals surface area contributed by atoms with E-state index >= 15 is 0 Å². The summed E-state index contributed by atoms with van der Waals surface area (Å²) in [5.74, 6) is -0.991. The van der Waals surface area contributed by atoms with Gasteiger partial charge in [0, 0.05) is 23.9 Å². The summed E-state index contributed by atoms with van der Waals surface area (Å²) in [6, 6.07) is 7.65. The Hall–Kier alpha value is -1.62. The van der Waals surface area contributed by atoms with Crippen LogP contribution in [0.2, 0.25) is 0 Å². The van der Waals surface area contributed by atoms with Crippen LogP contribution in [0.4, 0.5) is 0 Å². The normalized spacial score (nSPS) is 11.3. The minimum absolute atomic E-state index is 0.496. The van der Waals surface area contributed by atoms with Crippen molar-refractivity contribution >= 4 is 33.9 Å². The van der Waals surface area contributed by atoms with E-state index in [9.17, 15) is 9.59 Å². The van der Waals surface area contributed by atoms with Gasteiger partial charge in [0.2, 0.25) is 0 Å². The summed E-state index contributed by atoms with van der Waals surface area (Å²) in [5, 5.41) is 0. The minimum Gasteiger partial charge on any atom is -0.421 e. The lowest BCUT2D eigenvalue weighted by atomic mass is 10.1. The molecule has 1 rings (SSSR count). The van der Waals surface area contributed by atoms with Gasteiger partial charge in [0.1, 0.15) is 0 Å². The maximum Gasteiger partial charge on any atom is 0.305 e. The van der Waals surface area contributed by atoms with Gasteiger partial charge in [-0.1, -0.05) is 35.0 Å². The van der Waals surface area contributed by atoms with Gasteiger partial charge in [-0.05, 0) is 30.2 Å². The highest BCUT2D eigenvalue weighted by Gasteiger charge is 2.19. The van der Waals surface area contributed by atoms with Crippen molar-refractivity contribution in [1.82, 2.24) is 0 Å². The molecular formula is C15H17BrO4. The molecule has 0 aliphatic heterocycles. The van der Waals surface area contributed by atoms with Crippen LogP contribution in [-0.2, 0) is 19.1 Å². The van der Waals surface area contributed by atoms with Crippen molar-refractivity contribution in [2.75, 3.05) is 0 Å². The average molecular weight is 341 g/mol. The van der Waals surface area contributed by atoms with Crippen molar-refractivity contribution in [3.63, 3.8) is 0 Å². The molecular weight excluding hydrogens is 324 g/mol. The predicted octanol–water partition coefficient (Wildman–Crippen LogP) is 3.69. The minimum atomic E-state index is -0.978. The fourth-order valence-electron chi connectivity index (χ4n) is 1.62. The third-order valence-electron chi connectivity index (χ3n) is 2.46. The van der Waals surface area contributed by atoms with Gasteiger partial charge in [-0.2, -0.15) is 0 Å². The monoisotopic (exact) mass is 340 g/mol. The van der Waals surface area contributed by atoms with E-state index in [0.29, 0.717) is 12.0 Å². The fourth-order valence-corrected chi connectivity index (χ4v) is 2.04. The van der Waals surface area contributed by atoms with Gasteiger partial charge in [0.05, 0.1) is 0 Å². The van der Waals surface area contributed by atoms with Crippen LogP contribution >= 0.6 is 15.9 Å². The van der Waals surface area contributed by atoms with Crippen LogP contribution in [-0.4, -0.2) is 18.2 Å². The quantitative estimate of drug-likeness (QED) is 0.605. The van der Waals surface area contributed by atoms with Crippen molar-refractivity contribution in [2.45, 2.75) is 33.5 Å². The Kier molecular flexibility index (Phi) is 6.45. The predicted molar refractivity (Wildman–Crippen MR) is 79.7 cm³/mol. The molecule has 0 bridgehead atoms.